The molecule has 69 heavy (non-hydrogen) atoms. The minimum Gasteiger partial charge on any atom is -0.295 e. The number of allylic oxidation sites excluding steroid dienone is 1. The zero-order valence-electron chi connectivity index (χ0n) is 37.7. The van der Waals surface area contributed by atoms with Gasteiger partial charge in [0.1, 0.15) is 0 Å². The summed E-state index contributed by atoms with van der Waals surface area (Å²) in [4.78, 5) is 10.3. The van der Waals surface area contributed by atoms with Crippen molar-refractivity contribution in [1.82, 2.24) is 14.4 Å². The highest BCUT2D eigenvalue weighted by Gasteiger charge is 2.33. The quantitative estimate of drug-likeness (QED) is 0.165. The Morgan fingerprint density at radius 3 is 1.81 bits per heavy atom. The number of aromatic nitrogens is 3. The Hall–Kier alpha value is -8.44. The van der Waals surface area contributed by atoms with Gasteiger partial charge in [-0.05, 0) is 106 Å². The lowest BCUT2D eigenvalue weighted by Gasteiger charge is -2.29. The predicted octanol–water partition coefficient (Wildman–Crippen LogP) is 15.8. The topological polar surface area (TPSA) is 30.2 Å². The number of rotatable bonds is 4. The third-order valence-corrected chi connectivity index (χ3v) is 16.4. The van der Waals surface area contributed by atoms with Gasteiger partial charge in [0.05, 0.1) is 27.3 Å². The Balaban J connectivity index is 0.852. The number of pyridine rings is 2. The molecule has 0 spiro atoms. The molecule has 13 aromatic rings. The Labute approximate surface area is 401 Å². The summed E-state index contributed by atoms with van der Waals surface area (Å²) in [6, 6.07) is 71.5. The number of benzene rings is 9. The van der Waals surface area contributed by atoms with Crippen molar-refractivity contribution in [2.24, 2.45) is 5.92 Å². The van der Waals surface area contributed by atoms with Crippen molar-refractivity contribution in [3.63, 3.8) is 0 Å². The normalized spacial score (nSPS) is 15.3. The van der Waals surface area contributed by atoms with Gasteiger partial charge in [-0.1, -0.05) is 195 Å². The van der Waals surface area contributed by atoms with Crippen LogP contribution in [-0.2, 0) is 0 Å². The Morgan fingerprint density at radius 1 is 0.464 bits per heavy atom. The molecule has 0 bridgehead atoms. The van der Waals surface area contributed by atoms with E-state index in [0.29, 0.717) is 0 Å². The molecule has 0 saturated carbocycles. The van der Waals surface area contributed by atoms with E-state index in [1.54, 1.807) is 0 Å². The van der Waals surface area contributed by atoms with Crippen LogP contribution in [-0.4, -0.2) is 14.4 Å². The minimum atomic E-state index is 0.225. The van der Waals surface area contributed by atoms with Crippen LogP contribution in [0, 0.1) is 5.92 Å². The highest BCUT2D eigenvalue weighted by molar-refractivity contribution is 7.27. The first-order chi connectivity index (χ1) is 34.1. The number of imidazole rings is 1. The second-order valence-corrected chi connectivity index (χ2v) is 19.9. The monoisotopic (exact) mass is 895 g/mol. The molecule has 2 unspecified atom stereocenters. The SMILES string of the molecule is CC1c2c(nc3c4sc5c6ccccc6ccc5c4cc(-c4ccc(-c5ccc(-c6ccc(-c7cc8cccnc8c8ccccc78)cc6)c6ccccc56)cc4)n23)C=C2C=c3ccccc3=CC21. The lowest BCUT2D eigenvalue weighted by molar-refractivity contribution is 0.625. The summed E-state index contributed by atoms with van der Waals surface area (Å²) in [7, 11) is 0. The molecule has 0 amide bonds. The molecule has 0 radical (unpaired) electrons. The van der Waals surface area contributed by atoms with Gasteiger partial charge in [-0.25, -0.2) is 4.98 Å². The third-order valence-electron chi connectivity index (χ3n) is 15.2. The summed E-state index contributed by atoms with van der Waals surface area (Å²) in [5, 5.41) is 13.7. The molecule has 0 N–H and O–H groups in total. The largest absolute Gasteiger partial charge is 0.295 e. The molecule has 2 aliphatic carbocycles. The number of nitrogens with zero attached hydrogens (tertiary/aromatic N) is 3. The van der Waals surface area contributed by atoms with Crippen molar-refractivity contribution in [3.05, 3.63) is 228 Å². The molecule has 0 aliphatic heterocycles. The van der Waals surface area contributed by atoms with Crippen molar-refractivity contribution in [2.45, 2.75) is 12.8 Å². The smallest absolute Gasteiger partial charge is 0.156 e. The molecular formula is C65H41N3S. The van der Waals surface area contributed by atoms with E-state index in [-0.39, 0.29) is 11.8 Å². The number of fused-ring (bicyclic) bond motifs is 15. The van der Waals surface area contributed by atoms with Gasteiger partial charge in [0.15, 0.2) is 5.65 Å². The van der Waals surface area contributed by atoms with Crippen LogP contribution in [0.1, 0.15) is 24.2 Å². The van der Waals surface area contributed by atoms with E-state index in [9.17, 15) is 0 Å². The van der Waals surface area contributed by atoms with Crippen molar-refractivity contribution < 1.29 is 0 Å². The maximum atomic E-state index is 5.58. The number of thiophene rings is 1. The fourth-order valence-corrected chi connectivity index (χ4v) is 13.1. The predicted molar refractivity (Wildman–Crippen MR) is 292 cm³/mol. The molecule has 322 valence electrons. The highest BCUT2D eigenvalue weighted by Crippen LogP contribution is 2.47. The second-order valence-electron chi connectivity index (χ2n) is 18.9. The third kappa shape index (κ3) is 5.79. The summed E-state index contributed by atoms with van der Waals surface area (Å²) < 4.78 is 5.06. The maximum absolute atomic E-state index is 5.58. The summed E-state index contributed by atoms with van der Waals surface area (Å²) in [6.45, 7) is 2.39. The number of hydrogen-bond acceptors (Lipinski definition) is 3. The molecule has 0 fully saturated rings. The van der Waals surface area contributed by atoms with Crippen molar-refractivity contribution in [2.75, 3.05) is 0 Å². The molecule has 4 heteroatoms. The van der Waals surface area contributed by atoms with Crippen LogP contribution in [0.3, 0.4) is 0 Å². The Bertz CT molecular complexity index is 4500. The van der Waals surface area contributed by atoms with E-state index < -0.39 is 0 Å². The van der Waals surface area contributed by atoms with Crippen molar-refractivity contribution in [1.29, 1.82) is 0 Å². The van der Waals surface area contributed by atoms with E-state index in [1.807, 2.05) is 23.6 Å². The fourth-order valence-electron chi connectivity index (χ4n) is 11.8. The average molecular weight is 896 g/mol. The van der Waals surface area contributed by atoms with Crippen LogP contribution in [0.5, 0.6) is 0 Å². The molecule has 3 nitrogen and oxygen atoms in total. The molecule has 4 aromatic heterocycles. The zero-order chi connectivity index (χ0) is 45.3. The van der Waals surface area contributed by atoms with Crippen LogP contribution in [0.2, 0.25) is 0 Å². The zero-order valence-corrected chi connectivity index (χ0v) is 38.5. The first kappa shape index (κ1) is 38.6. The van der Waals surface area contributed by atoms with Crippen LogP contribution in [0.4, 0.5) is 0 Å². The lowest BCUT2D eigenvalue weighted by atomic mass is 9.77. The minimum absolute atomic E-state index is 0.225. The molecular weight excluding hydrogens is 855 g/mol. The average Bonchev–Trinajstić information content (AvgIpc) is 3.99. The van der Waals surface area contributed by atoms with Gasteiger partial charge in [-0.3, -0.25) is 9.38 Å². The lowest BCUT2D eigenvalue weighted by Crippen LogP contribution is -2.32. The van der Waals surface area contributed by atoms with Gasteiger partial charge in [0, 0.05) is 44.3 Å². The fraction of sp³-hybridized carbons (Fsp3) is 0.0462. The van der Waals surface area contributed by atoms with Gasteiger partial charge in [-0.15, -0.1) is 11.3 Å². The molecule has 2 aliphatic rings. The van der Waals surface area contributed by atoms with Crippen molar-refractivity contribution in [3.8, 4) is 44.6 Å². The molecule has 9 aromatic carbocycles. The van der Waals surface area contributed by atoms with E-state index in [4.69, 9.17) is 9.97 Å². The van der Waals surface area contributed by atoms with Gasteiger partial charge in [0.2, 0.25) is 0 Å². The highest BCUT2D eigenvalue weighted by atomic mass is 32.1. The van der Waals surface area contributed by atoms with Crippen LogP contribution in [0.15, 0.2) is 206 Å². The Morgan fingerprint density at radius 2 is 1.07 bits per heavy atom. The van der Waals surface area contributed by atoms with E-state index in [1.165, 1.54) is 119 Å². The van der Waals surface area contributed by atoms with Crippen LogP contribution >= 0.6 is 11.3 Å². The second kappa shape index (κ2) is 14.8. The molecule has 15 rings (SSSR count). The summed E-state index contributed by atoms with van der Waals surface area (Å²) in [5.41, 5.74) is 15.4. The van der Waals surface area contributed by atoms with Crippen LogP contribution < -0.4 is 10.4 Å². The summed E-state index contributed by atoms with van der Waals surface area (Å²) in [6.07, 6.45) is 9.09. The van der Waals surface area contributed by atoms with Gasteiger partial charge in [0.25, 0.3) is 0 Å². The number of hydrogen-bond donors (Lipinski definition) is 0. The van der Waals surface area contributed by atoms with Gasteiger partial charge >= 0.3 is 0 Å². The first-order valence-electron chi connectivity index (χ1n) is 23.9. The van der Waals surface area contributed by atoms with Gasteiger partial charge < -0.3 is 0 Å². The molecule has 2 atom stereocenters. The Kier molecular flexibility index (Phi) is 8.28. The van der Waals surface area contributed by atoms with E-state index in [0.717, 1.165) is 22.2 Å². The maximum Gasteiger partial charge on any atom is 0.156 e. The summed E-state index contributed by atoms with van der Waals surface area (Å²) >= 11 is 1.88. The summed E-state index contributed by atoms with van der Waals surface area (Å²) in [5.74, 6) is 0.490. The van der Waals surface area contributed by atoms with E-state index >= 15 is 0 Å². The standard InChI is InChI=1S/C65H41N3S/c1-38-56-34-45-13-3-2-12-44(45)33-47(56)36-59-62(38)68-60(37-58-55-29-28-39-11-4-5-15-50(39)63(55)69-64(58)65(68)67-59)43-26-24-41(25-27-43)49-31-30-48(51-16-6-7-17-52(49)51)40-20-22-42(23-21-40)57-35-46-14-10-32-66-61(46)54-19-9-8-18-53(54)57/h2-38,56H,1H3. The van der Waals surface area contributed by atoms with Crippen molar-refractivity contribution >= 4 is 98.6 Å². The molecule has 4 heterocycles. The van der Waals surface area contributed by atoms with E-state index in [2.05, 4.69) is 218 Å². The molecule has 0 saturated heterocycles. The first-order valence-corrected chi connectivity index (χ1v) is 24.7. The van der Waals surface area contributed by atoms with Crippen LogP contribution in [0.25, 0.3) is 132 Å². The van der Waals surface area contributed by atoms with Gasteiger partial charge in [-0.2, -0.15) is 0 Å².